The number of aliphatic imine (C=N–C) groups is 4. The van der Waals surface area contributed by atoms with Crippen LogP contribution >= 0.6 is 21.6 Å². The standard InChI is InChI=1S/C39H74N20O10S2/c1-19(55-34(67)27(56-21(3)60)18-71-70-17-23(40)35(68)69)30(63)57-24(9-5-13-51-37(44)45)28(61)16-22(8-4-12-50-36(42)43)32(65)59-26(11-7-15-53-39(48)49)33(66)54-20(2)31(64)58-25(29(41)62)10-6-14-52-38(46)47/h19-20,22-27H,4-18,40H2,1-3H3,(H2,41,62)(H,54,66)(H,55,67)(H,56,60)(H,57,63)(H,58,64)(H,59,65)(H,68,69)(H4,42,43,50)(H4,44,45,51)(H4,46,47,52)(H4,48,49,53)/t19-,20-,22+,23+,24-,25-,26-,27-/m1/s1. The predicted molar refractivity (Wildman–Crippen MR) is 271 cm³/mol. The van der Waals surface area contributed by atoms with Crippen molar-refractivity contribution in [1.82, 2.24) is 31.9 Å². The molecule has 0 fully saturated rings. The minimum atomic E-state index is -1.33. The van der Waals surface area contributed by atoms with Crippen molar-refractivity contribution in [3.05, 3.63) is 0 Å². The lowest BCUT2D eigenvalue weighted by molar-refractivity contribution is -0.138. The lowest BCUT2D eigenvalue weighted by Crippen LogP contribution is -2.56. The van der Waals surface area contributed by atoms with E-state index in [0.29, 0.717) is 0 Å². The molecule has 0 aromatic carbocycles. The Kier molecular flexibility index (Phi) is 31.9. The number of carboxylic acid groups (broad SMARTS) is 1. The summed E-state index contributed by atoms with van der Waals surface area (Å²) in [5.41, 5.74) is 54.5. The van der Waals surface area contributed by atoms with E-state index < -0.39 is 108 Å². The number of nitrogens with one attached hydrogen (secondary N) is 6. The summed E-state index contributed by atoms with van der Waals surface area (Å²) < 4.78 is 0. The Morgan fingerprint density at radius 2 is 0.859 bits per heavy atom. The van der Waals surface area contributed by atoms with Crippen molar-refractivity contribution in [2.75, 3.05) is 37.7 Å². The molecule has 0 saturated carbocycles. The average Bonchev–Trinajstić information content (AvgIpc) is 3.27. The maximum absolute atomic E-state index is 14.2. The van der Waals surface area contributed by atoms with E-state index in [1.165, 1.54) is 20.8 Å². The van der Waals surface area contributed by atoms with Crippen LogP contribution in [0.2, 0.25) is 0 Å². The molecule has 32 heteroatoms. The number of guanidine groups is 4. The zero-order valence-electron chi connectivity index (χ0n) is 40.2. The van der Waals surface area contributed by atoms with E-state index in [4.69, 9.17) is 62.4 Å². The highest BCUT2D eigenvalue weighted by Crippen LogP contribution is 2.23. The zero-order chi connectivity index (χ0) is 54.2. The number of carboxylic acids is 1. The van der Waals surface area contributed by atoms with Crippen LogP contribution < -0.4 is 89.2 Å². The topological polar surface area (TPSA) is 556 Å². The number of primary amides is 1. The molecule has 8 atom stereocenters. The minimum absolute atomic E-state index is 0.00258. The summed E-state index contributed by atoms with van der Waals surface area (Å²) in [6.07, 6.45) is 0.286. The van der Waals surface area contributed by atoms with Crippen LogP contribution in [0.3, 0.4) is 0 Å². The molecule has 0 spiro atoms. The van der Waals surface area contributed by atoms with Crippen molar-refractivity contribution >= 4 is 98.5 Å². The molecule has 71 heavy (non-hydrogen) atoms. The molecule has 27 N–H and O–H groups in total. The van der Waals surface area contributed by atoms with Gasteiger partial charge >= 0.3 is 5.97 Å². The summed E-state index contributed by atoms with van der Waals surface area (Å²) in [5.74, 6) is -9.20. The molecule has 7 amide bonds. The van der Waals surface area contributed by atoms with E-state index in [0.717, 1.165) is 21.6 Å². The van der Waals surface area contributed by atoms with Gasteiger partial charge in [0, 0.05) is 56.9 Å². The number of carbonyl (C=O) groups is 9. The van der Waals surface area contributed by atoms with Crippen molar-refractivity contribution in [3.8, 4) is 0 Å². The van der Waals surface area contributed by atoms with Gasteiger partial charge in [-0.2, -0.15) is 0 Å². The summed E-state index contributed by atoms with van der Waals surface area (Å²) in [4.78, 5) is 133. The smallest absolute Gasteiger partial charge is 0.321 e. The number of hydrogen-bond donors (Lipinski definition) is 17. The van der Waals surface area contributed by atoms with Gasteiger partial charge < -0.3 is 94.3 Å². The van der Waals surface area contributed by atoms with Crippen LogP contribution in [0.5, 0.6) is 0 Å². The number of Topliss-reactive ketones (excluding diaryl/α,β-unsaturated/α-hetero) is 1. The monoisotopic (exact) mass is 1050 g/mol. The Balaban J connectivity index is 6.54. The molecule has 0 aromatic rings. The number of ketones is 1. The second-order valence-electron chi connectivity index (χ2n) is 16.0. The molecular formula is C39H74N20O10S2. The number of hydrogen-bond acceptors (Lipinski definition) is 16. The minimum Gasteiger partial charge on any atom is -0.480 e. The van der Waals surface area contributed by atoms with Crippen molar-refractivity contribution < 1.29 is 48.3 Å². The third kappa shape index (κ3) is 30.4. The van der Waals surface area contributed by atoms with Gasteiger partial charge in [-0.05, 0) is 65.2 Å². The molecule has 0 heterocycles. The second-order valence-corrected chi connectivity index (χ2v) is 18.5. The number of rotatable bonds is 37. The molecule has 0 saturated heterocycles. The highest BCUT2D eigenvalue weighted by atomic mass is 33.1. The third-order valence-electron chi connectivity index (χ3n) is 9.74. The predicted octanol–water partition coefficient (Wildman–Crippen LogP) is -6.98. The normalized spacial score (nSPS) is 14.1. The van der Waals surface area contributed by atoms with E-state index in [2.05, 4.69) is 51.9 Å². The first-order valence-electron chi connectivity index (χ1n) is 22.3. The van der Waals surface area contributed by atoms with Crippen LogP contribution in [0.25, 0.3) is 0 Å². The maximum Gasteiger partial charge on any atom is 0.321 e. The molecule has 0 radical (unpaired) electrons. The number of nitrogens with two attached hydrogens (primary N) is 10. The fourth-order valence-corrected chi connectivity index (χ4v) is 8.29. The average molecular weight is 1050 g/mol. The number of aliphatic carboxylic acids is 1. The Bertz CT molecular complexity index is 1910. The number of amides is 7. The molecule has 0 aromatic heterocycles. The van der Waals surface area contributed by atoms with Gasteiger partial charge in [0.25, 0.3) is 0 Å². The zero-order valence-corrected chi connectivity index (χ0v) is 41.9. The summed E-state index contributed by atoms with van der Waals surface area (Å²) in [6.45, 7) is 4.17. The Morgan fingerprint density at radius 3 is 1.28 bits per heavy atom. The Morgan fingerprint density at radius 1 is 0.479 bits per heavy atom. The first-order valence-corrected chi connectivity index (χ1v) is 24.8. The fraction of sp³-hybridized carbons (Fsp3) is 0.667. The van der Waals surface area contributed by atoms with E-state index in [1.54, 1.807) is 0 Å². The molecule has 0 bridgehead atoms. The van der Waals surface area contributed by atoms with Gasteiger partial charge in [0.15, 0.2) is 29.6 Å². The van der Waals surface area contributed by atoms with Crippen LogP contribution in [0, 0.1) is 5.92 Å². The summed E-state index contributed by atoms with van der Waals surface area (Å²) in [5, 5.41) is 24.3. The van der Waals surface area contributed by atoms with Crippen molar-refractivity contribution in [3.63, 3.8) is 0 Å². The molecule has 0 aliphatic heterocycles. The maximum atomic E-state index is 14.2. The van der Waals surface area contributed by atoms with E-state index in [-0.39, 0.29) is 113 Å². The van der Waals surface area contributed by atoms with Gasteiger partial charge in [-0.15, -0.1) is 0 Å². The SMILES string of the molecule is CC(=O)N[C@H](CSSC[C@H](N)C(=O)O)C(=O)N[C@H](C)C(=O)N[C@H](CCCN=C(N)N)C(=O)C[C@H](CCCN=C(N)N)C(=O)N[C@H](CCCN=C(N)N)C(=O)N[C@H](C)C(=O)N[C@H](CCCN=C(N)N)C(N)=O. The second kappa shape index (κ2) is 35.3. The molecule has 0 unspecified atom stereocenters. The van der Waals surface area contributed by atoms with Crippen molar-refractivity contribution in [2.24, 2.45) is 83.2 Å². The molecule has 0 aliphatic rings. The summed E-state index contributed by atoms with van der Waals surface area (Å²) in [7, 11) is 2.14. The van der Waals surface area contributed by atoms with Crippen LogP contribution in [0.4, 0.5) is 0 Å². The Hall–Kier alpha value is -6.83. The van der Waals surface area contributed by atoms with Crippen LogP contribution in [0.15, 0.2) is 20.0 Å². The van der Waals surface area contributed by atoms with Gasteiger partial charge in [0.1, 0.15) is 36.3 Å². The van der Waals surface area contributed by atoms with Gasteiger partial charge in [-0.25, -0.2) is 0 Å². The van der Waals surface area contributed by atoms with Crippen LogP contribution in [0.1, 0.15) is 78.6 Å². The lowest BCUT2D eigenvalue weighted by Gasteiger charge is -2.26. The lowest BCUT2D eigenvalue weighted by atomic mass is 9.91. The van der Waals surface area contributed by atoms with E-state index in [9.17, 15) is 43.2 Å². The number of nitrogens with zero attached hydrogens (tertiary/aromatic N) is 4. The summed E-state index contributed by atoms with van der Waals surface area (Å²) >= 11 is 0. The molecule has 0 aliphatic carbocycles. The van der Waals surface area contributed by atoms with Gasteiger partial charge in [0.2, 0.25) is 41.4 Å². The van der Waals surface area contributed by atoms with Crippen molar-refractivity contribution in [2.45, 2.75) is 121 Å². The molecule has 402 valence electrons. The summed E-state index contributed by atoms with van der Waals surface area (Å²) in [6, 6.07) is -8.57. The largest absolute Gasteiger partial charge is 0.480 e. The fourth-order valence-electron chi connectivity index (χ4n) is 6.01. The van der Waals surface area contributed by atoms with Crippen LogP contribution in [-0.2, 0) is 43.2 Å². The third-order valence-corrected chi connectivity index (χ3v) is 12.2. The first kappa shape index (κ1) is 64.2. The molecule has 0 rings (SSSR count). The van der Waals surface area contributed by atoms with Crippen molar-refractivity contribution in [1.29, 1.82) is 0 Å². The quantitative estimate of drug-likeness (QED) is 0.0119. The highest BCUT2D eigenvalue weighted by Gasteiger charge is 2.33. The molecular weight excluding hydrogens is 973 g/mol. The Labute approximate surface area is 419 Å². The van der Waals surface area contributed by atoms with Gasteiger partial charge in [-0.1, -0.05) is 21.6 Å². The highest BCUT2D eigenvalue weighted by molar-refractivity contribution is 8.76. The van der Waals surface area contributed by atoms with Gasteiger partial charge in [0.05, 0.1) is 6.04 Å². The van der Waals surface area contributed by atoms with E-state index in [1.807, 2.05) is 0 Å². The van der Waals surface area contributed by atoms with E-state index >= 15 is 0 Å². The first-order chi connectivity index (χ1) is 33.2. The number of carbonyl (C=O) groups excluding carboxylic acids is 8. The van der Waals surface area contributed by atoms with Crippen LogP contribution in [-0.4, -0.2) is 162 Å². The van der Waals surface area contributed by atoms with Gasteiger partial charge in [-0.3, -0.25) is 63.1 Å². The molecule has 30 nitrogen and oxygen atoms in total.